The van der Waals surface area contributed by atoms with Crippen molar-refractivity contribution in [2.24, 2.45) is 5.92 Å². The molecule has 1 N–H and O–H groups in total. The normalized spacial score (nSPS) is 15.8. The van der Waals surface area contributed by atoms with Crippen LogP contribution in [-0.2, 0) is 6.18 Å². The van der Waals surface area contributed by atoms with E-state index >= 15 is 0 Å². The third-order valence-corrected chi connectivity index (χ3v) is 2.85. The topological polar surface area (TPSA) is 12.0 Å². The third-order valence-electron chi connectivity index (χ3n) is 2.55. The van der Waals surface area contributed by atoms with E-state index in [0.717, 1.165) is 0 Å². The highest BCUT2D eigenvalue weighted by Gasteiger charge is 2.32. The lowest BCUT2D eigenvalue weighted by Gasteiger charge is -2.21. The highest BCUT2D eigenvalue weighted by molar-refractivity contribution is 6.31. The standard InChI is InChI=1S/C12H8ClF4N/c13-10-3-8(12(15,16)17)4-11(14)9(10)2-1-7-5-18-6-7/h3-4,7,18H,5-6H2. The van der Waals surface area contributed by atoms with Crippen molar-refractivity contribution in [1.82, 2.24) is 5.32 Å². The Bertz CT molecular complexity index is 500. The predicted octanol–water partition coefficient (Wildman–Crippen LogP) is 3.07. The molecule has 0 bridgehead atoms. The molecule has 1 aromatic carbocycles. The van der Waals surface area contributed by atoms with Gasteiger partial charge in [0.05, 0.1) is 16.1 Å². The van der Waals surface area contributed by atoms with E-state index < -0.39 is 17.6 Å². The lowest BCUT2D eigenvalue weighted by molar-refractivity contribution is -0.137. The predicted molar refractivity (Wildman–Crippen MR) is 59.6 cm³/mol. The lowest BCUT2D eigenvalue weighted by atomic mass is 10.0. The highest BCUT2D eigenvalue weighted by Crippen LogP contribution is 2.33. The Kier molecular flexibility index (Phi) is 3.51. The van der Waals surface area contributed by atoms with Crippen LogP contribution in [0.5, 0.6) is 0 Å². The number of nitrogens with one attached hydrogen (secondary N) is 1. The molecule has 0 saturated carbocycles. The summed E-state index contributed by atoms with van der Waals surface area (Å²) in [6.45, 7) is 1.40. The first-order valence-electron chi connectivity index (χ1n) is 5.16. The van der Waals surface area contributed by atoms with Crippen molar-refractivity contribution in [2.45, 2.75) is 6.18 Å². The van der Waals surface area contributed by atoms with Gasteiger partial charge in [-0.25, -0.2) is 4.39 Å². The number of benzene rings is 1. The first kappa shape index (κ1) is 13.2. The summed E-state index contributed by atoms with van der Waals surface area (Å²) < 4.78 is 50.7. The molecule has 0 aromatic heterocycles. The van der Waals surface area contributed by atoms with Crippen molar-refractivity contribution in [3.8, 4) is 11.8 Å². The Morgan fingerprint density at radius 3 is 2.39 bits per heavy atom. The van der Waals surface area contributed by atoms with Gasteiger partial charge in [-0.3, -0.25) is 0 Å². The van der Waals surface area contributed by atoms with E-state index in [1.54, 1.807) is 0 Å². The van der Waals surface area contributed by atoms with Crippen molar-refractivity contribution in [3.63, 3.8) is 0 Å². The molecular weight excluding hydrogens is 270 g/mol. The fourth-order valence-electron chi connectivity index (χ4n) is 1.42. The van der Waals surface area contributed by atoms with E-state index in [-0.39, 0.29) is 16.5 Å². The van der Waals surface area contributed by atoms with Gasteiger partial charge in [-0.15, -0.1) is 0 Å². The minimum absolute atomic E-state index is 0.0998. The van der Waals surface area contributed by atoms with E-state index in [4.69, 9.17) is 11.6 Å². The molecule has 1 aromatic rings. The number of hydrogen-bond donors (Lipinski definition) is 1. The molecule has 0 spiro atoms. The van der Waals surface area contributed by atoms with E-state index in [1.165, 1.54) is 0 Å². The van der Waals surface area contributed by atoms with Crippen LogP contribution in [0.2, 0.25) is 5.02 Å². The Balaban J connectivity index is 2.33. The fraction of sp³-hybridized carbons (Fsp3) is 0.333. The molecule has 0 radical (unpaired) electrons. The average molecular weight is 278 g/mol. The van der Waals surface area contributed by atoms with Gasteiger partial charge in [0.1, 0.15) is 5.82 Å². The SMILES string of the molecule is Fc1cc(C(F)(F)F)cc(Cl)c1C#CC1CNC1. The van der Waals surface area contributed by atoms with Crippen LogP contribution in [0.3, 0.4) is 0 Å². The lowest BCUT2D eigenvalue weighted by Crippen LogP contribution is -2.40. The third kappa shape index (κ3) is 2.77. The summed E-state index contributed by atoms with van der Waals surface area (Å²) in [5.74, 6) is 4.31. The molecule has 0 amide bonds. The van der Waals surface area contributed by atoms with E-state index in [1.807, 2.05) is 0 Å². The Hall–Kier alpha value is -1.25. The summed E-state index contributed by atoms with van der Waals surface area (Å²) in [6, 6.07) is 1.10. The second-order valence-electron chi connectivity index (χ2n) is 3.94. The van der Waals surface area contributed by atoms with Crippen LogP contribution >= 0.6 is 11.6 Å². The van der Waals surface area contributed by atoms with Crippen molar-refractivity contribution in [2.75, 3.05) is 13.1 Å². The molecule has 0 atom stereocenters. The number of hydrogen-bond acceptors (Lipinski definition) is 1. The molecule has 1 heterocycles. The highest BCUT2D eigenvalue weighted by atomic mass is 35.5. The average Bonchev–Trinajstić information content (AvgIpc) is 2.17. The van der Waals surface area contributed by atoms with Crippen LogP contribution < -0.4 is 5.32 Å². The van der Waals surface area contributed by atoms with Crippen LogP contribution in [-0.4, -0.2) is 13.1 Å². The zero-order chi connectivity index (χ0) is 13.3. The quantitative estimate of drug-likeness (QED) is 0.568. The van der Waals surface area contributed by atoms with E-state index in [9.17, 15) is 17.6 Å². The summed E-state index contributed by atoms with van der Waals surface area (Å²) in [5.41, 5.74) is -1.29. The number of halogens is 5. The Labute approximate surface area is 106 Å². The smallest absolute Gasteiger partial charge is 0.314 e. The Morgan fingerprint density at radius 1 is 1.28 bits per heavy atom. The first-order chi connectivity index (χ1) is 8.38. The van der Waals surface area contributed by atoms with Crippen LogP contribution in [0, 0.1) is 23.6 Å². The second-order valence-corrected chi connectivity index (χ2v) is 4.34. The second kappa shape index (κ2) is 4.79. The molecule has 1 aliphatic heterocycles. The summed E-state index contributed by atoms with van der Waals surface area (Å²) in [4.78, 5) is 0. The van der Waals surface area contributed by atoms with Crippen LogP contribution in [0.25, 0.3) is 0 Å². The van der Waals surface area contributed by atoms with Gasteiger partial charge >= 0.3 is 6.18 Å². The van der Waals surface area contributed by atoms with E-state index in [0.29, 0.717) is 25.2 Å². The molecule has 6 heteroatoms. The van der Waals surface area contributed by atoms with Gasteiger partial charge in [0.15, 0.2) is 0 Å². The minimum Gasteiger partial charge on any atom is -0.314 e. The van der Waals surface area contributed by atoms with Gasteiger partial charge in [0.25, 0.3) is 0 Å². The van der Waals surface area contributed by atoms with Crippen LogP contribution in [0.15, 0.2) is 12.1 Å². The molecule has 1 fully saturated rings. The summed E-state index contributed by atoms with van der Waals surface area (Å²) >= 11 is 5.63. The number of rotatable bonds is 0. The monoisotopic (exact) mass is 277 g/mol. The summed E-state index contributed by atoms with van der Waals surface area (Å²) in [5, 5.41) is 2.66. The summed E-state index contributed by atoms with van der Waals surface area (Å²) in [7, 11) is 0. The largest absolute Gasteiger partial charge is 0.416 e. The van der Waals surface area contributed by atoms with Gasteiger partial charge in [0.2, 0.25) is 0 Å². The molecule has 1 aliphatic rings. The molecule has 1 saturated heterocycles. The minimum atomic E-state index is -4.62. The first-order valence-corrected chi connectivity index (χ1v) is 5.54. The molecule has 18 heavy (non-hydrogen) atoms. The van der Waals surface area contributed by atoms with Crippen LogP contribution in [0.1, 0.15) is 11.1 Å². The molecule has 2 rings (SSSR count). The molecule has 96 valence electrons. The van der Waals surface area contributed by atoms with E-state index in [2.05, 4.69) is 17.2 Å². The maximum Gasteiger partial charge on any atom is 0.416 e. The fourth-order valence-corrected chi connectivity index (χ4v) is 1.68. The van der Waals surface area contributed by atoms with Gasteiger partial charge < -0.3 is 5.32 Å². The molecular formula is C12H8ClF4N. The zero-order valence-electron chi connectivity index (χ0n) is 9.04. The number of alkyl halides is 3. The maximum atomic E-state index is 13.5. The van der Waals surface area contributed by atoms with Crippen molar-refractivity contribution in [3.05, 3.63) is 34.1 Å². The van der Waals surface area contributed by atoms with Crippen molar-refractivity contribution in [1.29, 1.82) is 0 Å². The molecule has 0 unspecified atom stereocenters. The molecule has 0 aliphatic carbocycles. The maximum absolute atomic E-state index is 13.5. The van der Waals surface area contributed by atoms with Gasteiger partial charge in [0, 0.05) is 19.0 Å². The van der Waals surface area contributed by atoms with Gasteiger partial charge in [-0.05, 0) is 12.1 Å². The van der Waals surface area contributed by atoms with Crippen molar-refractivity contribution >= 4 is 11.6 Å². The van der Waals surface area contributed by atoms with Gasteiger partial charge in [-0.1, -0.05) is 23.4 Å². The zero-order valence-corrected chi connectivity index (χ0v) is 9.79. The summed E-state index contributed by atoms with van der Waals surface area (Å²) in [6.07, 6.45) is -4.62. The van der Waals surface area contributed by atoms with Crippen LogP contribution in [0.4, 0.5) is 17.6 Å². The van der Waals surface area contributed by atoms with Crippen molar-refractivity contribution < 1.29 is 17.6 Å². The van der Waals surface area contributed by atoms with Gasteiger partial charge in [-0.2, -0.15) is 13.2 Å². The Morgan fingerprint density at radius 2 is 1.94 bits per heavy atom. The molecule has 1 nitrogen and oxygen atoms in total.